The fourth-order valence-corrected chi connectivity index (χ4v) is 2.47. The Bertz CT molecular complexity index is 597. The van der Waals surface area contributed by atoms with Gasteiger partial charge in [0.15, 0.2) is 0 Å². The van der Waals surface area contributed by atoms with Gasteiger partial charge < -0.3 is 38.3 Å². The maximum Gasteiger partial charge on any atom is 0.326 e. The molecular formula is C17H32N6O6. The van der Waals surface area contributed by atoms with Gasteiger partial charge in [-0.3, -0.25) is 19.2 Å². The van der Waals surface area contributed by atoms with Gasteiger partial charge in [-0.1, -0.05) is 13.8 Å². The van der Waals surface area contributed by atoms with E-state index in [-0.39, 0.29) is 12.3 Å². The average Bonchev–Trinajstić information content (AvgIpc) is 2.63. The lowest BCUT2D eigenvalue weighted by molar-refractivity contribution is -0.143. The highest BCUT2D eigenvalue weighted by Crippen LogP contribution is 2.06. The number of rotatable bonds is 14. The molecule has 0 aliphatic carbocycles. The summed E-state index contributed by atoms with van der Waals surface area (Å²) in [6.45, 7) is 3.24. The minimum absolute atomic E-state index is 0.188. The van der Waals surface area contributed by atoms with Gasteiger partial charge in [0.2, 0.25) is 23.6 Å². The molecule has 0 aliphatic rings. The number of carboxylic acids is 1. The first-order valence-electron chi connectivity index (χ1n) is 9.34. The maximum atomic E-state index is 12.6. The van der Waals surface area contributed by atoms with E-state index in [4.69, 9.17) is 17.2 Å². The van der Waals surface area contributed by atoms with Crippen LogP contribution in [0.25, 0.3) is 0 Å². The van der Waals surface area contributed by atoms with Crippen molar-refractivity contribution in [2.75, 3.05) is 13.1 Å². The Morgan fingerprint density at radius 1 is 0.897 bits per heavy atom. The fourth-order valence-electron chi connectivity index (χ4n) is 2.47. The minimum atomic E-state index is -1.31. The van der Waals surface area contributed by atoms with E-state index in [0.717, 1.165) is 0 Å². The second-order valence-corrected chi connectivity index (χ2v) is 6.91. The Balaban J connectivity index is 5.36. The maximum absolute atomic E-state index is 12.6. The zero-order chi connectivity index (χ0) is 22.6. The predicted molar refractivity (Wildman–Crippen MR) is 104 cm³/mol. The number of nitrogens with one attached hydrogen (secondary N) is 3. The second-order valence-electron chi connectivity index (χ2n) is 6.91. The number of primary amides is 1. The van der Waals surface area contributed by atoms with Crippen LogP contribution in [0, 0.1) is 5.92 Å². The molecule has 0 heterocycles. The summed E-state index contributed by atoms with van der Waals surface area (Å²) in [6.07, 6.45) is 0.774. The fraction of sp³-hybridized carbons (Fsp3) is 0.706. The van der Waals surface area contributed by atoms with E-state index in [1.165, 1.54) is 0 Å². The van der Waals surface area contributed by atoms with E-state index in [1.54, 1.807) is 13.8 Å². The Morgan fingerprint density at radius 2 is 1.48 bits per heavy atom. The van der Waals surface area contributed by atoms with Gasteiger partial charge in [-0.25, -0.2) is 4.79 Å². The van der Waals surface area contributed by atoms with Crippen LogP contribution in [0.5, 0.6) is 0 Å². The molecule has 0 radical (unpaired) electrons. The summed E-state index contributed by atoms with van der Waals surface area (Å²) < 4.78 is 0. The molecule has 29 heavy (non-hydrogen) atoms. The summed E-state index contributed by atoms with van der Waals surface area (Å²) in [6, 6.07) is -3.54. The van der Waals surface area contributed by atoms with Gasteiger partial charge >= 0.3 is 5.97 Å². The third-order valence-electron chi connectivity index (χ3n) is 4.05. The molecule has 12 heteroatoms. The largest absolute Gasteiger partial charge is 0.480 e. The predicted octanol–water partition coefficient (Wildman–Crippen LogP) is -2.86. The lowest BCUT2D eigenvalue weighted by Crippen LogP contribution is -2.57. The molecule has 4 amide bonds. The molecule has 0 fully saturated rings. The normalized spacial score (nSPS) is 13.8. The molecule has 0 saturated heterocycles. The molecule has 166 valence electrons. The highest BCUT2D eigenvalue weighted by Gasteiger charge is 2.30. The number of carbonyl (C=O) groups excluding carboxylic acids is 4. The topological polar surface area (TPSA) is 220 Å². The van der Waals surface area contributed by atoms with Crippen molar-refractivity contribution in [3.8, 4) is 0 Å². The van der Waals surface area contributed by atoms with Crippen LogP contribution < -0.4 is 33.2 Å². The standard InChI is InChI=1S/C17H32N6O6/c1-9(2)14(17(28)29)23-15(26)10(5-3-4-6-18)22-16(27)11(7-12(20)24)21-13(25)8-19/h9-11,14H,3-8,18-19H2,1-2H3,(H2,20,24)(H,21,25)(H,22,27)(H,23,26)(H,28,29). The van der Waals surface area contributed by atoms with Crippen LogP contribution in [-0.4, -0.2) is 65.9 Å². The van der Waals surface area contributed by atoms with Gasteiger partial charge in [-0.2, -0.15) is 0 Å². The van der Waals surface area contributed by atoms with Gasteiger partial charge in [0.05, 0.1) is 13.0 Å². The molecule has 12 nitrogen and oxygen atoms in total. The Hall–Kier alpha value is -2.73. The second kappa shape index (κ2) is 13.4. The van der Waals surface area contributed by atoms with Gasteiger partial charge in [-0.05, 0) is 31.7 Å². The van der Waals surface area contributed by atoms with Crippen LogP contribution in [0.3, 0.4) is 0 Å². The molecule has 0 spiro atoms. The van der Waals surface area contributed by atoms with Gasteiger partial charge in [0.1, 0.15) is 18.1 Å². The summed E-state index contributed by atoms with van der Waals surface area (Å²) in [7, 11) is 0. The Labute approximate surface area is 169 Å². The molecule has 3 atom stereocenters. The van der Waals surface area contributed by atoms with E-state index >= 15 is 0 Å². The number of amides is 4. The van der Waals surface area contributed by atoms with Crippen molar-refractivity contribution < 1.29 is 29.1 Å². The van der Waals surface area contributed by atoms with Crippen molar-refractivity contribution in [1.82, 2.24) is 16.0 Å². The summed E-state index contributed by atoms with van der Waals surface area (Å²) in [5.41, 5.74) is 15.8. The molecule has 3 unspecified atom stereocenters. The lowest BCUT2D eigenvalue weighted by atomic mass is 10.0. The van der Waals surface area contributed by atoms with Gasteiger partial charge in [0.25, 0.3) is 0 Å². The Morgan fingerprint density at radius 3 is 1.93 bits per heavy atom. The molecule has 0 saturated carbocycles. The molecule has 0 bridgehead atoms. The first kappa shape index (κ1) is 26.3. The quantitative estimate of drug-likeness (QED) is 0.146. The van der Waals surface area contributed by atoms with Crippen molar-refractivity contribution in [2.24, 2.45) is 23.1 Å². The van der Waals surface area contributed by atoms with E-state index in [2.05, 4.69) is 16.0 Å². The first-order chi connectivity index (χ1) is 13.5. The van der Waals surface area contributed by atoms with Gasteiger partial charge in [0, 0.05) is 0 Å². The summed E-state index contributed by atoms with van der Waals surface area (Å²) in [5, 5.41) is 16.4. The number of carbonyl (C=O) groups is 5. The minimum Gasteiger partial charge on any atom is -0.480 e. The Kier molecular flexibility index (Phi) is 12.2. The number of hydrogen-bond acceptors (Lipinski definition) is 7. The van der Waals surface area contributed by atoms with Crippen LogP contribution in [0.15, 0.2) is 0 Å². The SMILES string of the molecule is CC(C)C(NC(=O)C(CCCCN)NC(=O)C(CC(N)=O)NC(=O)CN)C(=O)O. The smallest absolute Gasteiger partial charge is 0.326 e. The van der Waals surface area contributed by atoms with Crippen LogP contribution in [-0.2, 0) is 24.0 Å². The molecule has 0 rings (SSSR count). The highest BCUT2D eigenvalue weighted by molar-refractivity contribution is 5.95. The summed E-state index contributed by atoms with van der Waals surface area (Å²) >= 11 is 0. The van der Waals surface area contributed by atoms with Crippen LogP contribution in [0.4, 0.5) is 0 Å². The van der Waals surface area contributed by atoms with Crippen molar-refractivity contribution in [3.63, 3.8) is 0 Å². The van der Waals surface area contributed by atoms with Crippen LogP contribution >= 0.6 is 0 Å². The number of hydrogen-bond donors (Lipinski definition) is 7. The molecule has 0 aromatic heterocycles. The highest BCUT2D eigenvalue weighted by atomic mass is 16.4. The molecule has 0 aliphatic heterocycles. The molecule has 0 aromatic carbocycles. The molecule has 0 aromatic rings. The van der Waals surface area contributed by atoms with Crippen molar-refractivity contribution in [1.29, 1.82) is 0 Å². The van der Waals surface area contributed by atoms with E-state index in [1.807, 2.05) is 0 Å². The third kappa shape index (κ3) is 10.4. The summed E-state index contributed by atoms with van der Waals surface area (Å²) in [5.74, 6) is -4.61. The number of carboxylic acid groups (broad SMARTS) is 1. The lowest BCUT2D eigenvalue weighted by Gasteiger charge is -2.25. The van der Waals surface area contributed by atoms with Crippen LogP contribution in [0.1, 0.15) is 39.5 Å². The van der Waals surface area contributed by atoms with E-state index < -0.39 is 60.7 Å². The van der Waals surface area contributed by atoms with Gasteiger partial charge in [-0.15, -0.1) is 0 Å². The van der Waals surface area contributed by atoms with Crippen molar-refractivity contribution in [3.05, 3.63) is 0 Å². The number of unbranched alkanes of at least 4 members (excludes halogenated alkanes) is 1. The van der Waals surface area contributed by atoms with E-state index in [9.17, 15) is 29.1 Å². The number of aliphatic carboxylic acids is 1. The zero-order valence-corrected chi connectivity index (χ0v) is 16.8. The third-order valence-corrected chi connectivity index (χ3v) is 4.05. The first-order valence-corrected chi connectivity index (χ1v) is 9.34. The monoisotopic (exact) mass is 416 g/mol. The number of nitrogens with two attached hydrogens (primary N) is 3. The average molecular weight is 416 g/mol. The molecular weight excluding hydrogens is 384 g/mol. The van der Waals surface area contributed by atoms with Crippen LogP contribution in [0.2, 0.25) is 0 Å². The van der Waals surface area contributed by atoms with E-state index in [0.29, 0.717) is 19.4 Å². The van der Waals surface area contributed by atoms with Crippen molar-refractivity contribution >= 4 is 29.6 Å². The molecule has 10 N–H and O–H groups in total. The summed E-state index contributed by atoms with van der Waals surface area (Å²) in [4.78, 5) is 59.2. The van der Waals surface area contributed by atoms with Crippen molar-refractivity contribution in [2.45, 2.75) is 57.7 Å². The zero-order valence-electron chi connectivity index (χ0n) is 16.8.